The van der Waals surface area contributed by atoms with Gasteiger partial charge >= 0.3 is 0 Å². The molecule has 0 atom stereocenters. The monoisotopic (exact) mass is 269 g/mol. The van der Waals surface area contributed by atoms with E-state index < -0.39 is 5.54 Å². The fourth-order valence-corrected chi connectivity index (χ4v) is 2.52. The van der Waals surface area contributed by atoms with Gasteiger partial charge in [0.05, 0.1) is 12.1 Å². The Morgan fingerprint density at radius 1 is 1.47 bits per heavy atom. The highest BCUT2D eigenvalue weighted by atomic mass is 16.5. The minimum absolute atomic E-state index is 0.0131. The Kier molecular flexibility index (Phi) is 4.42. The summed E-state index contributed by atoms with van der Waals surface area (Å²) in [6.45, 7) is 6.55. The fraction of sp³-hybridized carbons (Fsp3) is 0.846. The summed E-state index contributed by atoms with van der Waals surface area (Å²) in [5.74, 6) is -0.0844. The maximum absolute atomic E-state index is 12.1. The summed E-state index contributed by atoms with van der Waals surface area (Å²) in [7, 11) is 0. The molecule has 0 saturated carbocycles. The molecule has 0 aromatic carbocycles. The molecule has 0 aliphatic carbocycles. The highest BCUT2D eigenvalue weighted by Crippen LogP contribution is 2.12. The maximum Gasteiger partial charge on any atom is 0.242 e. The highest BCUT2D eigenvalue weighted by molar-refractivity contribution is 5.90. The summed E-state index contributed by atoms with van der Waals surface area (Å²) >= 11 is 0. The fourth-order valence-electron chi connectivity index (χ4n) is 2.52. The van der Waals surface area contributed by atoms with Crippen LogP contribution >= 0.6 is 0 Å². The van der Waals surface area contributed by atoms with Gasteiger partial charge < -0.3 is 20.3 Å². The molecular weight excluding hydrogens is 246 g/mol. The average molecular weight is 269 g/mol. The van der Waals surface area contributed by atoms with Gasteiger partial charge in [0.25, 0.3) is 0 Å². The number of carbonyl (C=O) groups excluding carboxylic acids is 2. The topological polar surface area (TPSA) is 70.7 Å². The Bertz CT molecular complexity index is 351. The molecule has 0 spiro atoms. The average Bonchev–Trinajstić information content (AvgIpc) is 2.36. The zero-order valence-corrected chi connectivity index (χ0v) is 11.7. The van der Waals surface area contributed by atoms with Crippen LogP contribution in [0.3, 0.4) is 0 Å². The van der Waals surface area contributed by atoms with Crippen LogP contribution in [0.1, 0.15) is 26.7 Å². The van der Waals surface area contributed by atoms with Gasteiger partial charge in [0.1, 0.15) is 0 Å². The van der Waals surface area contributed by atoms with E-state index in [-0.39, 0.29) is 24.4 Å². The molecule has 0 bridgehead atoms. The minimum Gasteiger partial charge on any atom is -0.381 e. The van der Waals surface area contributed by atoms with E-state index in [1.54, 1.807) is 4.90 Å². The number of hydrogen-bond donors (Lipinski definition) is 2. The van der Waals surface area contributed by atoms with Gasteiger partial charge in [0.15, 0.2) is 0 Å². The second-order valence-electron chi connectivity index (χ2n) is 5.73. The van der Waals surface area contributed by atoms with Gasteiger partial charge in [-0.05, 0) is 26.7 Å². The lowest BCUT2D eigenvalue weighted by atomic mass is 10.0. The van der Waals surface area contributed by atoms with Crippen molar-refractivity contribution in [2.75, 3.05) is 32.8 Å². The van der Waals surface area contributed by atoms with E-state index in [1.165, 1.54) is 0 Å². The second-order valence-corrected chi connectivity index (χ2v) is 5.73. The SMILES string of the molecule is CC1(C)NCCN(CC(=O)NC2CCOCC2)C1=O. The van der Waals surface area contributed by atoms with Crippen LogP contribution in [0.5, 0.6) is 0 Å². The number of nitrogens with one attached hydrogen (secondary N) is 2. The Hall–Kier alpha value is -1.14. The Labute approximate surface area is 113 Å². The van der Waals surface area contributed by atoms with Crippen LogP contribution in [-0.4, -0.2) is 61.1 Å². The van der Waals surface area contributed by atoms with E-state index in [2.05, 4.69) is 10.6 Å². The molecule has 2 amide bonds. The van der Waals surface area contributed by atoms with Crippen LogP contribution in [0.15, 0.2) is 0 Å². The van der Waals surface area contributed by atoms with Crippen molar-refractivity contribution in [3.63, 3.8) is 0 Å². The van der Waals surface area contributed by atoms with E-state index >= 15 is 0 Å². The number of carbonyl (C=O) groups is 2. The third kappa shape index (κ3) is 3.67. The first kappa shape index (κ1) is 14.3. The Morgan fingerprint density at radius 2 is 2.16 bits per heavy atom. The van der Waals surface area contributed by atoms with Crippen molar-refractivity contribution in [1.29, 1.82) is 0 Å². The van der Waals surface area contributed by atoms with Crippen LogP contribution in [0.25, 0.3) is 0 Å². The van der Waals surface area contributed by atoms with Crippen LogP contribution < -0.4 is 10.6 Å². The van der Waals surface area contributed by atoms with Crippen molar-refractivity contribution < 1.29 is 14.3 Å². The Balaban J connectivity index is 1.82. The molecule has 108 valence electrons. The molecule has 19 heavy (non-hydrogen) atoms. The standard InChI is InChI=1S/C13H23N3O3/c1-13(2)12(18)16(6-5-14-13)9-11(17)15-10-3-7-19-8-4-10/h10,14H,3-9H2,1-2H3,(H,15,17). The summed E-state index contributed by atoms with van der Waals surface area (Å²) in [5, 5.41) is 6.13. The van der Waals surface area contributed by atoms with Gasteiger partial charge in [0.2, 0.25) is 11.8 Å². The Morgan fingerprint density at radius 3 is 2.84 bits per heavy atom. The van der Waals surface area contributed by atoms with Crippen LogP contribution in [0.4, 0.5) is 0 Å². The third-order valence-corrected chi connectivity index (χ3v) is 3.69. The molecule has 0 unspecified atom stereocenters. The summed E-state index contributed by atoms with van der Waals surface area (Å²) in [5.41, 5.74) is -0.572. The van der Waals surface area contributed by atoms with Crippen molar-refractivity contribution in [3.05, 3.63) is 0 Å². The van der Waals surface area contributed by atoms with Crippen molar-refractivity contribution in [2.45, 2.75) is 38.3 Å². The van der Waals surface area contributed by atoms with Gasteiger partial charge in [-0.25, -0.2) is 0 Å². The number of nitrogens with zero attached hydrogens (tertiary/aromatic N) is 1. The molecule has 2 saturated heterocycles. The smallest absolute Gasteiger partial charge is 0.242 e. The molecule has 2 rings (SSSR count). The van der Waals surface area contributed by atoms with Gasteiger partial charge in [-0.15, -0.1) is 0 Å². The summed E-state index contributed by atoms with van der Waals surface area (Å²) in [6.07, 6.45) is 1.71. The van der Waals surface area contributed by atoms with E-state index in [0.717, 1.165) is 19.4 Å². The lowest BCUT2D eigenvalue weighted by Gasteiger charge is -2.38. The molecule has 6 nitrogen and oxygen atoms in total. The van der Waals surface area contributed by atoms with Crippen molar-refractivity contribution in [3.8, 4) is 0 Å². The normalized spacial score (nSPS) is 24.3. The quantitative estimate of drug-likeness (QED) is 0.724. The number of hydrogen-bond acceptors (Lipinski definition) is 4. The second kappa shape index (κ2) is 5.88. The molecule has 2 N–H and O–H groups in total. The van der Waals surface area contributed by atoms with E-state index in [0.29, 0.717) is 19.8 Å². The molecule has 2 fully saturated rings. The largest absolute Gasteiger partial charge is 0.381 e. The number of rotatable bonds is 3. The molecule has 2 heterocycles. The first-order valence-corrected chi connectivity index (χ1v) is 6.90. The van der Waals surface area contributed by atoms with Crippen molar-refractivity contribution in [2.24, 2.45) is 0 Å². The summed E-state index contributed by atoms with van der Waals surface area (Å²) < 4.78 is 5.25. The molecule has 0 radical (unpaired) electrons. The predicted molar refractivity (Wildman–Crippen MR) is 70.6 cm³/mol. The third-order valence-electron chi connectivity index (χ3n) is 3.69. The maximum atomic E-state index is 12.1. The van der Waals surface area contributed by atoms with E-state index in [9.17, 15) is 9.59 Å². The summed E-state index contributed by atoms with van der Waals surface area (Å²) in [6, 6.07) is 0.187. The zero-order valence-electron chi connectivity index (χ0n) is 11.7. The number of ether oxygens (including phenoxy) is 1. The first-order chi connectivity index (χ1) is 8.99. The van der Waals surface area contributed by atoms with Crippen molar-refractivity contribution >= 4 is 11.8 Å². The van der Waals surface area contributed by atoms with Crippen LogP contribution in [-0.2, 0) is 14.3 Å². The van der Waals surface area contributed by atoms with Gasteiger partial charge in [0, 0.05) is 32.3 Å². The van der Waals surface area contributed by atoms with Crippen molar-refractivity contribution in [1.82, 2.24) is 15.5 Å². The van der Waals surface area contributed by atoms with Crippen LogP contribution in [0, 0.1) is 0 Å². The molecule has 6 heteroatoms. The molecule has 2 aliphatic heterocycles. The molecular formula is C13H23N3O3. The highest BCUT2D eigenvalue weighted by Gasteiger charge is 2.36. The van der Waals surface area contributed by atoms with Gasteiger partial charge in [-0.3, -0.25) is 9.59 Å². The number of piperazine rings is 1. The molecule has 2 aliphatic rings. The number of amides is 2. The summed E-state index contributed by atoms with van der Waals surface area (Å²) in [4.78, 5) is 25.7. The minimum atomic E-state index is -0.572. The van der Waals surface area contributed by atoms with E-state index in [1.807, 2.05) is 13.8 Å². The first-order valence-electron chi connectivity index (χ1n) is 6.90. The zero-order chi connectivity index (χ0) is 13.9. The lowest BCUT2D eigenvalue weighted by molar-refractivity contribution is -0.143. The van der Waals surface area contributed by atoms with Gasteiger partial charge in [-0.2, -0.15) is 0 Å². The molecule has 0 aromatic rings. The predicted octanol–water partition coefficient (Wildman–Crippen LogP) is -0.508. The van der Waals surface area contributed by atoms with Gasteiger partial charge in [-0.1, -0.05) is 0 Å². The lowest BCUT2D eigenvalue weighted by Crippen LogP contribution is -2.62. The molecule has 0 aromatic heterocycles. The van der Waals surface area contributed by atoms with Crippen LogP contribution in [0.2, 0.25) is 0 Å². The van der Waals surface area contributed by atoms with E-state index in [4.69, 9.17) is 4.74 Å².